The van der Waals surface area contributed by atoms with Crippen LogP contribution in [0.25, 0.3) is 0 Å². The van der Waals surface area contributed by atoms with Crippen LogP contribution in [-0.4, -0.2) is 99.6 Å². The zero-order valence-electron chi connectivity index (χ0n) is 57.4. The second-order valence-electron chi connectivity index (χ2n) is 26.7. The summed E-state index contributed by atoms with van der Waals surface area (Å²) in [6.07, 6.45) is 68.0. The van der Waals surface area contributed by atoms with E-state index in [2.05, 4.69) is 38.2 Å². The van der Waals surface area contributed by atoms with E-state index in [4.69, 9.17) is 14.2 Å². The normalized spacial score (nSPS) is 18.3. The first-order valence-electron chi connectivity index (χ1n) is 38.1. The summed E-state index contributed by atoms with van der Waals surface area (Å²) < 4.78 is 17.7. The van der Waals surface area contributed by atoms with Crippen LogP contribution in [0.1, 0.15) is 387 Å². The van der Waals surface area contributed by atoms with Crippen LogP contribution in [0.15, 0.2) is 24.3 Å². The molecule has 0 aromatic carbocycles. The van der Waals surface area contributed by atoms with E-state index in [-0.39, 0.29) is 13.0 Å². The van der Waals surface area contributed by atoms with E-state index < -0.39 is 67.4 Å². The molecule has 8 unspecified atom stereocenters. The first kappa shape index (κ1) is 83.2. The van der Waals surface area contributed by atoms with Crippen molar-refractivity contribution in [2.24, 2.45) is 0 Å². The molecule has 1 fully saturated rings. The lowest BCUT2D eigenvalue weighted by Gasteiger charge is -2.41. The van der Waals surface area contributed by atoms with Crippen molar-refractivity contribution in [2.75, 3.05) is 13.2 Å². The number of aliphatic hydroxyl groups excluding tert-OH is 5. The van der Waals surface area contributed by atoms with Gasteiger partial charge in [0.25, 0.3) is 0 Å². The van der Waals surface area contributed by atoms with Gasteiger partial charge in [-0.25, -0.2) is 0 Å². The highest BCUT2D eigenvalue weighted by Gasteiger charge is 2.47. The molecule has 1 rings (SSSR count). The van der Waals surface area contributed by atoms with Crippen LogP contribution in [0.3, 0.4) is 0 Å². The molecule has 0 aliphatic carbocycles. The van der Waals surface area contributed by atoms with Crippen LogP contribution >= 0.6 is 0 Å². The molecule has 514 valence electrons. The summed E-state index contributed by atoms with van der Waals surface area (Å²) >= 11 is 0. The Morgan fingerprint density at radius 3 is 1.11 bits per heavy atom. The smallest absolute Gasteiger partial charge is 0.306 e. The Morgan fingerprint density at radius 1 is 0.437 bits per heavy atom. The van der Waals surface area contributed by atoms with Gasteiger partial charge in [-0.05, 0) is 51.4 Å². The van der Waals surface area contributed by atoms with E-state index in [1.54, 1.807) is 6.08 Å². The van der Waals surface area contributed by atoms with Crippen molar-refractivity contribution in [3.63, 3.8) is 0 Å². The molecule has 0 radical (unpaired) electrons. The van der Waals surface area contributed by atoms with Crippen LogP contribution in [0.4, 0.5) is 0 Å². The third kappa shape index (κ3) is 51.4. The number of carbonyl (C=O) groups excluding carboxylic acids is 2. The summed E-state index contributed by atoms with van der Waals surface area (Å²) in [6.45, 7) is 5.87. The highest BCUT2D eigenvalue weighted by Crippen LogP contribution is 2.27. The summed E-state index contributed by atoms with van der Waals surface area (Å²) in [6, 6.07) is -1.02. The van der Waals surface area contributed by atoms with Gasteiger partial charge in [-0.15, -0.1) is 0 Å². The van der Waals surface area contributed by atoms with Crippen molar-refractivity contribution >= 4 is 11.9 Å². The minimum atomic E-state index is -1.61. The van der Waals surface area contributed by atoms with Gasteiger partial charge >= 0.3 is 5.97 Å². The number of allylic oxidation sites excluding steroid dienone is 3. The molecule has 11 heteroatoms. The van der Waals surface area contributed by atoms with Gasteiger partial charge < -0.3 is 45.1 Å². The third-order valence-electron chi connectivity index (χ3n) is 18.4. The summed E-state index contributed by atoms with van der Waals surface area (Å²) in [7, 11) is 0. The molecule has 6 N–H and O–H groups in total. The Morgan fingerprint density at radius 2 is 0.759 bits per heavy atom. The fraction of sp³-hybridized carbons (Fsp3) is 0.921. The largest absolute Gasteiger partial charge is 0.454 e. The average molecular weight is 1230 g/mol. The maximum Gasteiger partial charge on any atom is 0.306 e. The Labute approximate surface area is 537 Å². The van der Waals surface area contributed by atoms with E-state index in [0.717, 1.165) is 57.8 Å². The quantitative estimate of drug-likeness (QED) is 0.0195. The highest BCUT2D eigenvalue weighted by molar-refractivity contribution is 5.80. The Balaban J connectivity index is 2.53. The van der Waals surface area contributed by atoms with Gasteiger partial charge in [-0.1, -0.05) is 353 Å². The van der Waals surface area contributed by atoms with Crippen molar-refractivity contribution in [3.8, 4) is 0 Å². The molecular formula is C76H145NO10. The highest BCUT2D eigenvalue weighted by atomic mass is 16.7. The molecule has 0 aromatic heterocycles. The lowest BCUT2D eigenvalue weighted by Crippen LogP contribution is -2.61. The zero-order chi connectivity index (χ0) is 63.1. The number of ether oxygens (including phenoxy) is 3. The van der Waals surface area contributed by atoms with Gasteiger partial charge in [0.05, 0.1) is 25.4 Å². The summed E-state index contributed by atoms with van der Waals surface area (Å²) in [5, 5.41) is 57.4. The van der Waals surface area contributed by atoms with Crippen molar-refractivity contribution in [1.29, 1.82) is 0 Å². The molecule has 8 atom stereocenters. The third-order valence-corrected chi connectivity index (χ3v) is 18.4. The van der Waals surface area contributed by atoms with Gasteiger partial charge in [0.1, 0.15) is 24.4 Å². The molecule has 87 heavy (non-hydrogen) atoms. The van der Waals surface area contributed by atoms with Gasteiger partial charge in [0.15, 0.2) is 12.4 Å². The molecule has 1 amide bonds. The van der Waals surface area contributed by atoms with E-state index >= 15 is 0 Å². The summed E-state index contributed by atoms with van der Waals surface area (Å²) in [5.41, 5.74) is 0. The number of hydrogen-bond acceptors (Lipinski definition) is 10. The fourth-order valence-corrected chi connectivity index (χ4v) is 12.4. The molecule has 0 saturated carbocycles. The van der Waals surface area contributed by atoms with E-state index in [1.165, 1.54) is 283 Å². The maximum atomic E-state index is 13.5. The average Bonchev–Trinajstić information content (AvgIpc) is 2.32. The van der Waals surface area contributed by atoms with Crippen molar-refractivity contribution < 1.29 is 49.3 Å². The number of unbranched alkanes of at least 4 members (excludes halogenated alkanes) is 51. The van der Waals surface area contributed by atoms with Crippen LogP contribution < -0.4 is 5.32 Å². The molecular weight excluding hydrogens is 1090 g/mol. The van der Waals surface area contributed by atoms with Crippen LogP contribution in [0.5, 0.6) is 0 Å². The second kappa shape index (κ2) is 64.3. The molecule has 1 heterocycles. The van der Waals surface area contributed by atoms with Gasteiger partial charge in [-0.3, -0.25) is 9.59 Å². The lowest BCUT2D eigenvalue weighted by molar-refractivity contribution is -0.305. The Kier molecular flexibility index (Phi) is 61.4. The number of rotatable bonds is 67. The number of esters is 1. The topological polar surface area (TPSA) is 175 Å². The van der Waals surface area contributed by atoms with E-state index in [9.17, 15) is 35.1 Å². The monoisotopic (exact) mass is 1230 g/mol. The minimum absolute atomic E-state index is 0.130. The molecule has 11 nitrogen and oxygen atoms in total. The zero-order valence-corrected chi connectivity index (χ0v) is 57.4. The number of nitrogens with one attached hydrogen (secondary N) is 1. The molecule has 0 bridgehead atoms. The van der Waals surface area contributed by atoms with E-state index in [0.29, 0.717) is 19.3 Å². The fourth-order valence-electron chi connectivity index (χ4n) is 12.4. The lowest BCUT2D eigenvalue weighted by atomic mass is 9.99. The first-order chi connectivity index (χ1) is 42.7. The molecule has 1 aliphatic heterocycles. The van der Waals surface area contributed by atoms with Crippen molar-refractivity contribution in [2.45, 2.75) is 436 Å². The first-order valence-corrected chi connectivity index (χ1v) is 38.1. The molecule has 1 saturated heterocycles. The van der Waals surface area contributed by atoms with Gasteiger partial charge in [-0.2, -0.15) is 0 Å². The number of hydrogen-bond donors (Lipinski definition) is 6. The Hall–Kier alpha value is -1.86. The van der Waals surface area contributed by atoms with Crippen LogP contribution in [0.2, 0.25) is 0 Å². The standard InChI is InChI=1S/C76H145NO10/c1-4-7-10-13-16-19-22-25-27-29-31-33-34-35-36-37-39-41-43-46-49-52-55-58-61-64-71(81)87-74-73(83)72(82)70(65-78)86-76(74)85-66-67(68(79)62-59-56-53-50-47-44-24-21-18-15-12-9-6-3)77-75(84)69(80)63-60-57-54-51-48-45-42-40-38-32-30-28-26-23-20-17-14-11-8-5-2/h25,27,59,62,67-70,72-74,76,78-80,82-83H,4-24,26,28-58,60-61,63-66H2,1-3H3,(H,77,84)/b27-25+,62-59+. The van der Waals surface area contributed by atoms with Crippen LogP contribution in [0, 0.1) is 0 Å². The van der Waals surface area contributed by atoms with Gasteiger partial charge in [0, 0.05) is 6.42 Å². The Bertz CT molecular complexity index is 1510. The molecule has 0 spiro atoms. The van der Waals surface area contributed by atoms with E-state index in [1.807, 2.05) is 6.08 Å². The molecule has 0 aromatic rings. The summed E-state index contributed by atoms with van der Waals surface area (Å²) in [5.74, 6) is -1.17. The SMILES string of the molecule is CCCCCCCC/C=C/CCCCCCCCCCCCCCCCCC(=O)OC1C(OCC(NC(=O)C(O)CCCCCCCCCCCCCCCCCCCCCC)C(O)/C=C/CCCCCCCCCCCCC)OC(CO)C(O)C1O. The maximum absolute atomic E-state index is 13.5. The van der Waals surface area contributed by atoms with Crippen LogP contribution in [-0.2, 0) is 23.8 Å². The second-order valence-corrected chi connectivity index (χ2v) is 26.7. The number of aliphatic hydroxyl groups is 5. The number of amides is 1. The van der Waals surface area contributed by atoms with Crippen molar-refractivity contribution in [1.82, 2.24) is 5.32 Å². The molecule has 1 aliphatic rings. The summed E-state index contributed by atoms with van der Waals surface area (Å²) in [4.78, 5) is 26.7. The predicted molar refractivity (Wildman–Crippen MR) is 366 cm³/mol. The number of carbonyl (C=O) groups is 2. The minimum Gasteiger partial charge on any atom is -0.454 e. The van der Waals surface area contributed by atoms with Crippen molar-refractivity contribution in [3.05, 3.63) is 24.3 Å². The predicted octanol–water partition coefficient (Wildman–Crippen LogP) is 20.0. The van der Waals surface area contributed by atoms with Gasteiger partial charge in [0.2, 0.25) is 5.91 Å².